The summed E-state index contributed by atoms with van der Waals surface area (Å²) in [4.78, 5) is 23.2. The van der Waals surface area contributed by atoms with E-state index >= 15 is 0 Å². The fourth-order valence-corrected chi connectivity index (χ4v) is 3.64. The first-order chi connectivity index (χ1) is 10.7. The van der Waals surface area contributed by atoms with E-state index in [2.05, 4.69) is 5.32 Å². The van der Waals surface area contributed by atoms with Gasteiger partial charge in [0.1, 0.15) is 0 Å². The van der Waals surface area contributed by atoms with Crippen LogP contribution in [0.3, 0.4) is 0 Å². The molecule has 1 aromatic carbocycles. The van der Waals surface area contributed by atoms with Crippen molar-refractivity contribution >= 4 is 21.9 Å². The Morgan fingerprint density at radius 3 is 2.35 bits per heavy atom. The molecule has 1 aliphatic carbocycles. The lowest BCUT2D eigenvalue weighted by molar-refractivity contribution is -0.152. The predicted octanol–water partition coefficient (Wildman–Crippen LogP) is 0.664. The monoisotopic (exact) mass is 340 g/mol. The number of aliphatic carboxylic acids is 1. The molecule has 2 unspecified atom stereocenters. The lowest BCUT2D eigenvalue weighted by Crippen LogP contribution is -2.43. The van der Waals surface area contributed by atoms with Gasteiger partial charge in [0.05, 0.1) is 16.7 Å². The van der Waals surface area contributed by atoms with E-state index in [4.69, 9.17) is 5.11 Å². The highest BCUT2D eigenvalue weighted by Gasteiger charge is 2.41. The van der Waals surface area contributed by atoms with Crippen LogP contribution < -0.4 is 5.32 Å². The van der Waals surface area contributed by atoms with Crippen LogP contribution in [0.1, 0.15) is 18.4 Å². The maximum atomic E-state index is 12.3. The summed E-state index contributed by atoms with van der Waals surface area (Å²) in [5.74, 6) is -2.49. The Labute approximate surface area is 135 Å². The zero-order valence-corrected chi connectivity index (χ0v) is 13.8. The van der Waals surface area contributed by atoms with Crippen LogP contribution in [0.5, 0.6) is 0 Å². The van der Waals surface area contributed by atoms with E-state index < -0.39 is 27.8 Å². The van der Waals surface area contributed by atoms with Crippen molar-refractivity contribution in [3.8, 4) is 0 Å². The third-order valence-corrected chi connectivity index (χ3v) is 6.03. The molecule has 0 radical (unpaired) electrons. The summed E-state index contributed by atoms with van der Waals surface area (Å²) < 4.78 is 25.7. The van der Waals surface area contributed by atoms with Crippen LogP contribution in [0, 0.1) is 11.8 Å². The van der Waals surface area contributed by atoms with Gasteiger partial charge in [0, 0.05) is 20.6 Å². The van der Waals surface area contributed by atoms with Gasteiger partial charge in [-0.25, -0.2) is 12.7 Å². The SMILES string of the molecule is CN(C)S(=O)(=O)c1ccccc1CNC(=O)C1CCC1C(=O)O. The van der Waals surface area contributed by atoms with E-state index in [1.807, 2.05) is 0 Å². The van der Waals surface area contributed by atoms with Gasteiger partial charge in [-0.15, -0.1) is 0 Å². The molecule has 126 valence electrons. The number of nitrogens with zero attached hydrogens (tertiary/aromatic N) is 1. The van der Waals surface area contributed by atoms with Crippen molar-refractivity contribution in [3.63, 3.8) is 0 Å². The Kier molecular flexibility index (Phi) is 5.06. The minimum absolute atomic E-state index is 0.0465. The molecule has 1 fully saturated rings. The highest BCUT2D eigenvalue weighted by atomic mass is 32.2. The minimum Gasteiger partial charge on any atom is -0.481 e. The third kappa shape index (κ3) is 3.53. The largest absolute Gasteiger partial charge is 0.481 e. The summed E-state index contributed by atoms with van der Waals surface area (Å²) in [6.45, 7) is 0.0465. The Balaban J connectivity index is 2.10. The number of carbonyl (C=O) groups excluding carboxylic acids is 1. The van der Waals surface area contributed by atoms with Crippen molar-refractivity contribution in [2.24, 2.45) is 11.8 Å². The van der Waals surface area contributed by atoms with E-state index in [0.29, 0.717) is 18.4 Å². The standard InChI is InChI=1S/C15H20N2O5S/c1-17(2)23(21,22)13-6-4-3-5-10(13)9-16-14(18)11-7-8-12(11)15(19)20/h3-6,11-12H,7-9H2,1-2H3,(H,16,18)(H,19,20). The summed E-state index contributed by atoms with van der Waals surface area (Å²) in [7, 11) is -0.722. The van der Waals surface area contributed by atoms with Gasteiger partial charge in [0.15, 0.2) is 0 Å². The van der Waals surface area contributed by atoms with Crippen LogP contribution in [0.2, 0.25) is 0 Å². The van der Waals surface area contributed by atoms with Crippen LogP contribution >= 0.6 is 0 Å². The normalized spacial score (nSPS) is 20.8. The number of carboxylic acids is 1. The summed E-state index contributed by atoms with van der Waals surface area (Å²) in [6.07, 6.45) is 1.04. The molecule has 2 atom stereocenters. The molecule has 1 amide bonds. The van der Waals surface area contributed by atoms with E-state index in [-0.39, 0.29) is 17.3 Å². The molecule has 0 bridgehead atoms. The van der Waals surface area contributed by atoms with Crippen LogP contribution in [0.25, 0.3) is 0 Å². The van der Waals surface area contributed by atoms with Gasteiger partial charge in [-0.2, -0.15) is 0 Å². The summed E-state index contributed by atoms with van der Waals surface area (Å²) >= 11 is 0. The predicted molar refractivity (Wildman–Crippen MR) is 83.0 cm³/mol. The number of hydrogen-bond donors (Lipinski definition) is 2. The fourth-order valence-electron chi connectivity index (χ4n) is 2.52. The van der Waals surface area contributed by atoms with Gasteiger partial charge in [0.25, 0.3) is 0 Å². The van der Waals surface area contributed by atoms with E-state index in [1.165, 1.54) is 20.2 Å². The first kappa shape index (κ1) is 17.4. The van der Waals surface area contributed by atoms with Gasteiger partial charge in [-0.3, -0.25) is 9.59 Å². The van der Waals surface area contributed by atoms with Crippen molar-refractivity contribution in [1.29, 1.82) is 0 Å². The smallest absolute Gasteiger partial charge is 0.307 e. The number of hydrogen-bond acceptors (Lipinski definition) is 4. The van der Waals surface area contributed by atoms with Crippen molar-refractivity contribution < 1.29 is 23.1 Å². The second kappa shape index (κ2) is 6.67. The van der Waals surface area contributed by atoms with Crippen LogP contribution in [0.15, 0.2) is 29.2 Å². The fraction of sp³-hybridized carbons (Fsp3) is 0.467. The Hall–Kier alpha value is -1.93. The molecule has 1 aromatic rings. The van der Waals surface area contributed by atoms with E-state index in [1.54, 1.807) is 18.2 Å². The maximum Gasteiger partial charge on any atom is 0.307 e. The van der Waals surface area contributed by atoms with Crippen LogP contribution in [-0.2, 0) is 26.2 Å². The van der Waals surface area contributed by atoms with Gasteiger partial charge >= 0.3 is 5.97 Å². The minimum atomic E-state index is -3.60. The summed E-state index contributed by atoms with van der Waals surface area (Å²) in [6, 6.07) is 6.43. The lowest BCUT2D eigenvalue weighted by Gasteiger charge is -2.32. The molecule has 2 N–H and O–H groups in total. The number of benzene rings is 1. The molecule has 0 heterocycles. The molecule has 23 heavy (non-hydrogen) atoms. The number of carboxylic acid groups (broad SMARTS) is 1. The third-order valence-electron chi connectivity index (χ3n) is 4.11. The highest BCUT2D eigenvalue weighted by Crippen LogP contribution is 2.34. The molecule has 2 rings (SSSR count). The van der Waals surface area contributed by atoms with Crippen molar-refractivity contribution in [2.45, 2.75) is 24.3 Å². The average molecular weight is 340 g/mol. The number of rotatable bonds is 6. The number of sulfonamides is 1. The molecule has 0 aromatic heterocycles. The van der Waals surface area contributed by atoms with Gasteiger partial charge in [-0.1, -0.05) is 18.2 Å². The Bertz CT molecular complexity index is 714. The lowest BCUT2D eigenvalue weighted by atomic mass is 9.73. The summed E-state index contributed by atoms with van der Waals surface area (Å²) in [5, 5.41) is 11.6. The topological polar surface area (TPSA) is 104 Å². The molecule has 1 aliphatic rings. The van der Waals surface area contributed by atoms with E-state index in [0.717, 1.165) is 4.31 Å². The second-order valence-corrected chi connectivity index (χ2v) is 7.86. The molecular formula is C15H20N2O5S. The van der Waals surface area contributed by atoms with Crippen LogP contribution in [0.4, 0.5) is 0 Å². The zero-order chi connectivity index (χ0) is 17.2. The van der Waals surface area contributed by atoms with E-state index in [9.17, 15) is 18.0 Å². The molecule has 7 nitrogen and oxygen atoms in total. The molecular weight excluding hydrogens is 320 g/mol. The zero-order valence-electron chi connectivity index (χ0n) is 13.0. The number of nitrogens with one attached hydrogen (secondary N) is 1. The number of carbonyl (C=O) groups is 2. The molecule has 0 saturated heterocycles. The summed E-state index contributed by atoms with van der Waals surface area (Å²) in [5.41, 5.74) is 0.473. The molecule has 1 saturated carbocycles. The number of amides is 1. The maximum absolute atomic E-state index is 12.3. The first-order valence-corrected chi connectivity index (χ1v) is 8.70. The van der Waals surface area contributed by atoms with Gasteiger partial charge in [0.2, 0.25) is 15.9 Å². The molecule has 8 heteroatoms. The van der Waals surface area contributed by atoms with Crippen molar-refractivity contribution in [1.82, 2.24) is 9.62 Å². The Morgan fingerprint density at radius 2 is 1.83 bits per heavy atom. The van der Waals surface area contributed by atoms with Crippen molar-refractivity contribution in [3.05, 3.63) is 29.8 Å². The highest BCUT2D eigenvalue weighted by molar-refractivity contribution is 7.89. The van der Waals surface area contributed by atoms with Gasteiger partial charge < -0.3 is 10.4 Å². The Morgan fingerprint density at radius 1 is 1.22 bits per heavy atom. The molecule has 0 aliphatic heterocycles. The average Bonchev–Trinajstić information content (AvgIpc) is 2.43. The quantitative estimate of drug-likeness (QED) is 0.792. The van der Waals surface area contributed by atoms with Crippen LogP contribution in [-0.4, -0.2) is 43.8 Å². The first-order valence-electron chi connectivity index (χ1n) is 7.26. The second-order valence-electron chi connectivity index (χ2n) is 5.74. The van der Waals surface area contributed by atoms with Crippen molar-refractivity contribution in [2.75, 3.05) is 14.1 Å². The molecule has 0 spiro atoms. The van der Waals surface area contributed by atoms with Gasteiger partial charge in [-0.05, 0) is 24.5 Å².